The van der Waals surface area contributed by atoms with Crippen molar-refractivity contribution in [1.29, 1.82) is 0 Å². The molecule has 5 nitrogen and oxygen atoms in total. The number of ether oxygens (including phenoxy) is 2. The summed E-state index contributed by atoms with van der Waals surface area (Å²) in [6.07, 6.45) is 3.98. The summed E-state index contributed by atoms with van der Waals surface area (Å²) in [6, 6.07) is 0. The minimum Gasteiger partial charge on any atom is -0.465 e. The van der Waals surface area contributed by atoms with Crippen molar-refractivity contribution in [3.63, 3.8) is 0 Å². The fourth-order valence-corrected chi connectivity index (χ4v) is 2.30. The molecule has 21 heavy (non-hydrogen) atoms. The zero-order chi connectivity index (χ0) is 15.9. The van der Waals surface area contributed by atoms with Gasteiger partial charge < -0.3 is 14.4 Å². The first-order valence-electron chi connectivity index (χ1n) is 7.95. The topological polar surface area (TPSA) is 55.8 Å². The number of carbonyl (C=O) groups excluding carboxylic acids is 2. The Balaban J connectivity index is 2.35. The standard InChI is InChI=1S/C16H29NO4/c1-5-6-9-14(18)20-12-13-8-7-10-17(11-13)15(19)21-16(2,3)4/h13H,5-12H2,1-4H3. The van der Waals surface area contributed by atoms with E-state index in [0.29, 0.717) is 19.6 Å². The van der Waals surface area contributed by atoms with E-state index < -0.39 is 5.60 Å². The summed E-state index contributed by atoms with van der Waals surface area (Å²) in [5, 5.41) is 0. The molecule has 0 saturated carbocycles. The summed E-state index contributed by atoms with van der Waals surface area (Å²) in [4.78, 5) is 25.3. The van der Waals surface area contributed by atoms with Gasteiger partial charge in [0.1, 0.15) is 5.60 Å². The molecule has 0 N–H and O–H groups in total. The Morgan fingerprint density at radius 3 is 2.62 bits per heavy atom. The van der Waals surface area contributed by atoms with Gasteiger partial charge in [-0.3, -0.25) is 4.79 Å². The van der Waals surface area contributed by atoms with Crippen molar-refractivity contribution >= 4 is 12.1 Å². The van der Waals surface area contributed by atoms with Crippen LogP contribution in [0.15, 0.2) is 0 Å². The quantitative estimate of drug-likeness (QED) is 0.730. The van der Waals surface area contributed by atoms with Crippen LogP contribution in [0.25, 0.3) is 0 Å². The van der Waals surface area contributed by atoms with Gasteiger partial charge in [-0.2, -0.15) is 0 Å². The molecule has 5 heteroatoms. The van der Waals surface area contributed by atoms with E-state index in [1.54, 1.807) is 4.90 Å². The molecule has 0 radical (unpaired) electrons. The SMILES string of the molecule is CCCCC(=O)OCC1CCCN(C(=O)OC(C)(C)C)C1. The van der Waals surface area contributed by atoms with Gasteiger partial charge in [-0.15, -0.1) is 0 Å². The molecule has 0 aliphatic carbocycles. The predicted octanol–water partition coefficient (Wildman–Crippen LogP) is 3.37. The number of rotatable bonds is 5. The molecule has 1 rings (SSSR count). The smallest absolute Gasteiger partial charge is 0.410 e. The van der Waals surface area contributed by atoms with Crippen molar-refractivity contribution in [2.75, 3.05) is 19.7 Å². The molecular formula is C16H29NO4. The zero-order valence-electron chi connectivity index (χ0n) is 13.8. The van der Waals surface area contributed by atoms with Gasteiger partial charge in [-0.25, -0.2) is 4.79 Å². The van der Waals surface area contributed by atoms with E-state index in [1.165, 1.54) is 0 Å². The number of piperidine rings is 1. The first kappa shape index (κ1) is 17.8. The molecule has 0 aromatic rings. The Hall–Kier alpha value is -1.26. The highest BCUT2D eigenvalue weighted by atomic mass is 16.6. The van der Waals surface area contributed by atoms with Crippen LogP contribution in [0.3, 0.4) is 0 Å². The largest absolute Gasteiger partial charge is 0.465 e. The molecule has 1 unspecified atom stereocenters. The lowest BCUT2D eigenvalue weighted by Gasteiger charge is -2.33. The van der Waals surface area contributed by atoms with Gasteiger partial charge in [-0.1, -0.05) is 13.3 Å². The molecule has 0 spiro atoms. The van der Waals surface area contributed by atoms with E-state index in [0.717, 1.165) is 32.2 Å². The molecule has 1 heterocycles. The van der Waals surface area contributed by atoms with Crippen molar-refractivity contribution < 1.29 is 19.1 Å². The highest BCUT2D eigenvalue weighted by Gasteiger charge is 2.28. The minimum absolute atomic E-state index is 0.133. The maximum Gasteiger partial charge on any atom is 0.410 e. The zero-order valence-corrected chi connectivity index (χ0v) is 13.8. The Kier molecular flexibility index (Phi) is 6.99. The van der Waals surface area contributed by atoms with Crippen molar-refractivity contribution in [1.82, 2.24) is 4.90 Å². The molecule has 1 atom stereocenters. The maximum absolute atomic E-state index is 12.0. The van der Waals surface area contributed by atoms with Crippen LogP contribution in [0.1, 0.15) is 59.8 Å². The van der Waals surface area contributed by atoms with Crippen LogP contribution >= 0.6 is 0 Å². The first-order chi connectivity index (χ1) is 9.81. The Morgan fingerprint density at radius 2 is 2.00 bits per heavy atom. The average molecular weight is 299 g/mol. The number of likely N-dealkylation sites (tertiary alicyclic amines) is 1. The number of hydrogen-bond acceptors (Lipinski definition) is 4. The van der Waals surface area contributed by atoms with Crippen LogP contribution in [-0.4, -0.2) is 42.3 Å². The Labute approximate surface area is 128 Å². The van der Waals surface area contributed by atoms with Gasteiger partial charge in [-0.05, 0) is 40.0 Å². The molecular weight excluding hydrogens is 270 g/mol. The monoisotopic (exact) mass is 299 g/mol. The minimum atomic E-state index is -0.476. The molecule has 0 aromatic carbocycles. The lowest BCUT2D eigenvalue weighted by Crippen LogP contribution is -2.44. The lowest BCUT2D eigenvalue weighted by molar-refractivity contribution is -0.145. The molecule has 122 valence electrons. The second kappa shape index (κ2) is 8.25. The second-order valence-corrected chi connectivity index (χ2v) is 6.72. The van der Waals surface area contributed by atoms with Crippen LogP contribution in [0, 0.1) is 5.92 Å². The molecule has 1 saturated heterocycles. The third kappa shape index (κ3) is 7.34. The molecule has 1 aliphatic rings. The number of esters is 1. The van der Waals surface area contributed by atoms with E-state index in [4.69, 9.17) is 9.47 Å². The molecule has 1 amide bonds. The molecule has 1 aliphatic heterocycles. The van der Waals surface area contributed by atoms with Crippen molar-refractivity contribution in [3.05, 3.63) is 0 Å². The third-order valence-electron chi connectivity index (χ3n) is 3.39. The predicted molar refractivity (Wildman–Crippen MR) is 81.0 cm³/mol. The summed E-state index contributed by atoms with van der Waals surface area (Å²) in [5.41, 5.74) is -0.476. The number of carbonyl (C=O) groups is 2. The highest BCUT2D eigenvalue weighted by molar-refractivity contribution is 5.69. The fraction of sp³-hybridized carbons (Fsp3) is 0.875. The molecule has 1 fully saturated rings. The summed E-state index contributed by atoms with van der Waals surface area (Å²) in [6.45, 7) is 9.37. The van der Waals surface area contributed by atoms with Gasteiger partial charge >= 0.3 is 12.1 Å². The van der Waals surface area contributed by atoms with E-state index in [-0.39, 0.29) is 18.0 Å². The number of hydrogen-bond donors (Lipinski definition) is 0. The fourth-order valence-electron chi connectivity index (χ4n) is 2.30. The van der Waals surface area contributed by atoms with E-state index in [2.05, 4.69) is 0 Å². The summed E-state index contributed by atoms with van der Waals surface area (Å²) in [5.74, 6) is 0.0862. The van der Waals surface area contributed by atoms with Gasteiger partial charge in [0, 0.05) is 25.4 Å². The van der Waals surface area contributed by atoms with Crippen LogP contribution < -0.4 is 0 Å². The van der Waals surface area contributed by atoms with E-state index in [1.807, 2.05) is 27.7 Å². The van der Waals surface area contributed by atoms with Crippen LogP contribution in [0.2, 0.25) is 0 Å². The Bertz CT molecular complexity index is 349. The maximum atomic E-state index is 12.0. The van der Waals surface area contributed by atoms with E-state index in [9.17, 15) is 9.59 Å². The number of amides is 1. The summed E-state index contributed by atoms with van der Waals surface area (Å²) < 4.78 is 10.7. The van der Waals surface area contributed by atoms with E-state index >= 15 is 0 Å². The first-order valence-corrected chi connectivity index (χ1v) is 7.95. The van der Waals surface area contributed by atoms with Crippen molar-refractivity contribution in [3.8, 4) is 0 Å². The summed E-state index contributed by atoms with van der Waals surface area (Å²) in [7, 11) is 0. The lowest BCUT2D eigenvalue weighted by atomic mass is 9.99. The third-order valence-corrected chi connectivity index (χ3v) is 3.39. The highest BCUT2D eigenvalue weighted by Crippen LogP contribution is 2.19. The van der Waals surface area contributed by atoms with Gasteiger partial charge in [0.25, 0.3) is 0 Å². The average Bonchev–Trinajstić information content (AvgIpc) is 2.41. The van der Waals surface area contributed by atoms with Crippen LogP contribution in [-0.2, 0) is 14.3 Å². The number of unbranched alkanes of at least 4 members (excludes halogenated alkanes) is 1. The molecule has 0 aromatic heterocycles. The normalized spacial score (nSPS) is 19.2. The summed E-state index contributed by atoms with van der Waals surface area (Å²) >= 11 is 0. The number of nitrogens with zero attached hydrogens (tertiary/aromatic N) is 1. The molecule has 0 bridgehead atoms. The van der Waals surface area contributed by atoms with Crippen molar-refractivity contribution in [2.24, 2.45) is 5.92 Å². The second-order valence-electron chi connectivity index (χ2n) is 6.72. The van der Waals surface area contributed by atoms with Gasteiger partial charge in [0.05, 0.1) is 6.61 Å². The van der Waals surface area contributed by atoms with Gasteiger partial charge in [0.2, 0.25) is 0 Å². The van der Waals surface area contributed by atoms with Crippen LogP contribution in [0.4, 0.5) is 4.79 Å². The van der Waals surface area contributed by atoms with Crippen LogP contribution in [0.5, 0.6) is 0 Å². The van der Waals surface area contributed by atoms with Gasteiger partial charge in [0.15, 0.2) is 0 Å². The van der Waals surface area contributed by atoms with Crippen molar-refractivity contribution in [2.45, 2.75) is 65.4 Å². The Morgan fingerprint density at radius 1 is 1.29 bits per heavy atom.